The zero-order chi connectivity index (χ0) is 21.8. The minimum atomic E-state index is -0.108. The molecule has 0 radical (unpaired) electrons. The summed E-state index contributed by atoms with van der Waals surface area (Å²) >= 11 is 0. The third kappa shape index (κ3) is 15.1. The summed E-state index contributed by atoms with van der Waals surface area (Å²) in [6.07, 6.45) is 7.03. The van der Waals surface area contributed by atoms with Crippen molar-refractivity contribution in [1.82, 2.24) is 0 Å². The van der Waals surface area contributed by atoms with Gasteiger partial charge in [0, 0.05) is 45.4 Å². The number of hydrogen-bond donors (Lipinski definition) is 1. The SMILES string of the molecule is CCOC(CPCCC(CCN)(CCPCC(OCC)OCC)OCC)OCC. The van der Waals surface area contributed by atoms with Crippen LogP contribution >= 0.6 is 17.2 Å². The predicted octanol–water partition coefficient (Wildman–Crippen LogP) is 4.05. The van der Waals surface area contributed by atoms with E-state index in [1.165, 1.54) is 0 Å². The topological polar surface area (TPSA) is 72.2 Å². The minimum absolute atomic E-state index is 0.0742. The summed E-state index contributed by atoms with van der Waals surface area (Å²) in [4.78, 5) is 0. The van der Waals surface area contributed by atoms with Gasteiger partial charge >= 0.3 is 0 Å². The molecule has 0 saturated heterocycles. The molecule has 0 aliphatic carbocycles. The zero-order valence-corrected chi connectivity index (χ0v) is 21.5. The maximum atomic E-state index is 6.28. The molecule has 0 amide bonds. The summed E-state index contributed by atoms with van der Waals surface area (Å²) in [6.45, 7) is 14.3. The summed E-state index contributed by atoms with van der Waals surface area (Å²) in [5.41, 5.74) is 5.84. The summed E-state index contributed by atoms with van der Waals surface area (Å²) in [6, 6.07) is 0. The van der Waals surface area contributed by atoms with Crippen LogP contribution in [-0.2, 0) is 23.7 Å². The first-order valence-corrected chi connectivity index (χ1v) is 14.2. The van der Waals surface area contributed by atoms with Crippen LogP contribution in [0.25, 0.3) is 0 Å². The molecule has 0 bridgehead atoms. The molecule has 0 fully saturated rings. The largest absolute Gasteiger partial charge is 0.375 e. The standard InChI is InChI=1S/C21H47NO5P2/c1-6-23-19(24-7-2)17-28-15-12-21(11-14-22,27-10-5)13-16-29-18-20(25-8-3)26-9-4/h19-20,28-29H,6-18,22H2,1-5H3. The van der Waals surface area contributed by atoms with Gasteiger partial charge in [0.1, 0.15) is 0 Å². The first kappa shape index (κ1) is 29.6. The predicted molar refractivity (Wildman–Crippen MR) is 127 cm³/mol. The molecule has 0 spiro atoms. The van der Waals surface area contributed by atoms with E-state index in [0.29, 0.717) is 33.0 Å². The Morgan fingerprint density at radius 3 is 1.38 bits per heavy atom. The summed E-state index contributed by atoms with van der Waals surface area (Å²) in [5.74, 6) is 0. The molecule has 0 aromatic heterocycles. The van der Waals surface area contributed by atoms with Crippen LogP contribution in [0.3, 0.4) is 0 Å². The van der Waals surface area contributed by atoms with Crippen LogP contribution in [0.15, 0.2) is 0 Å². The van der Waals surface area contributed by atoms with Crippen molar-refractivity contribution < 1.29 is 23.7 Å². The molecule has 2 atom stereocenters. The van der Waals surface area contributed by atoms with E-state index < -0.39 is 0 Å². The van der Waals surface area contributed by atoms with Crippen molar-refractivity contribution in [1.29, 1.82) is 0 Å². The second-order valence-corrected chi connectivity index (χ2v) is 9.56. The van der Waals surface area contributed by atoms with Crippen molar-refractivity contribution >= 4 is 17.2 Å². The third-order valence-corrected chi connectivity index (χ3v) is 7.05. The van der Waals surface area contributed by atoms with Crippen LogP contribution in [0.5, 0.6) is 0 Å². The van der Waals surface area contributed by atoms with Gasteiger partial charge < -0.3 is 29.4 Å². The van der Waals surface area contributed by atoms with Crippen LogP contribution in [-0.4, -0.2) is 82.4 Å². The van der Waals surface area contributed by atoms with Gasteiger partial charge in [-0.05, 0) is 72.7 Å². The molecule has 2 N–H and O–H groups in total. The normalized spacial score (nSPS) is 14.9. The zero-order valence-electron chi connectivity index (χ0n) is 19.5. The van der Waals surface area contributed by atoms with Crippen LogP contribution in [0.1, 0.15) is 53.9 Å². The van der Waals surface area contributed by atoms with Gasteiger partial charge in [0.05, 0.1) is 5.60 Å². The van der Waals surface area contributed by atoms with Crippen molar-refractivity contribution in [2.45, 2.75) is 72.1 Å². The summed E-state index contributed by atoms with van der Waals surface area (Å²) in [7, 11) is 1.61. The maximum Gasteiger partial charge on any atom is 0.161 e. The number of rotatable bonds is 22. The number of hydrogen-bond acceptors (Lipinski definition) is 6. The summed E-state index contributed by atoms with van der Waals surface area (Å²) < 4.78 is 28.9. The highest BCUT2D eigenvalue weighted by Gasteiger charge is 2.29. The monoisotopic (exact) mass is 455 g/mol. The first-order chi connectivity index (χ1) is 14.1. The Kier molecular flexibility index (Phi) is 21.0. The van der Waals surface area contributed by atoms with Crippen molar-refractivity contribution in [3.05, 3.63) is 0 Å². The third-order valence-electron chi connectivity index (χ3n) is 4.60. The Morgan fingerprint density at radius 1 is 0.655 bits per heavy atom. The second kappa shape index (κ2) is 20.5. The molecule has 2 unspecified atom stereocenters. The fourth-order valence-electron chi connectivity index (χ4n) is 3.31. The molecule has 29 heavy (non-hydrogen) atoms. The lowest BCUT2D eigenvalue weighted by Gasteiger charge is -2.34. The molecule has 0 aromatic rings. The fourth-order valence-corrected chi connectivity index (χ4v) is 5.92. The number of ether oxygens (including phenoxy) is 5. The fraction of sp³-hybridized carbons (Fsp3) is 1.00. The van der Waals surface area contributed by atoms with Gasteiger partial charge in [-0.25, -0.2) is 0 Å². The smallest absolute Gasteiger partial charge is 0.161 e. The molecule has 0 saturated carbocycles. The van der Waals surface area contributed by atoms with Gasteiger partial charge in [-0.15, -0.1) is 17.2 Å². The molecule has 176 valence electrons. The Hall–Kier alpha value is 0.620. The van der Waals surface area contributed by atoms with Crippen LogP contribution < -0.4 is 5.73 Å². The minimum Gasteiger partial charge on any atom is -0.375 e. The van der Waals surface area contributed by atoms with E-state index in [1.54, 1.807) is 0 Å². The molecular formula is C21H47NO5P2. The molecule has 0 heterocycles. The molecule has 0 aromatic carbocycles. The van der Waals surface area contributed by atoms with Crippen LogP contribution in [0.4, 0.5) is 0 Å². The van der Waals surface area contributed by atoms with E-state index in [1.807, 2.05) is 27.7 Å². The van der Waals surface area contributed by atoms with Gasteiger partial charge in [0.2, 0.25) is 0 Å². The lowest BCUT2D eigenvalue weighted by molar-refractivity contribution is -0.120. The van der Waals surface area contributed by atoms with Gasteiger partial charge in [0.25, 0.3) is 0 Å². The van der Waals surface area contributed by atoms with E-state index in [9.17, 15) is 0 Å². The highest BCUT2D eigenvalue weighted by Crippen LogP contribution is 2.32. The number of nitrogens with two attached hydrogens (primary N) is 1. The lowest BCUT2D eigenvalue weighted by Crippen LogP contribution is -2.37. The summed E-state index contributed by atoms with van der Waals surface area (Å²) in [5, 5.41) is 0. The van der Waals surface area contributed by atoms with Gasteiger partial charge in [-0.1, -0.05) is 0 Å². The Morgan fingerprint density at radius 2 is 1.07 bits per heavy atom. The van der Waals surface area contributed by atoms with E-state index in [-0.39, 0.29) is 18.2 Å². The first-order valence-electron chi connectivity index (χ1n) is 11.3. The van der Waals surface area contributed by atoms with Crippen molar-refractivity contribution in [3.63, 3.8) is 0 Å². The highest BCUT2D eigenvalue weighted by atomic mass is 31.1. The van der Waals surface area contributed by atoms with Gasteiger partial charge in [-0.2, -0.15) is 0 Å². The van der Waals surface area contributed by atoms with Crippen LogP contribution in [0.2, 0.25) is 0 Å². The highest BCUT2D eigenvalue weighted by molar-refractivity contribution is 7.38. The van der Waals surface area contributed by atoms with Crippen molar-refractivity contribution in [2.24, 2.45) is 5.73 Å². The molecular weight excluding hydrogens is 408 g/mol. The molecule has 8 heteroatoms. The molecule has 0 rings (SSSR count). The van der Waals surface area contributed by atoms with E-state index >= 15 is 0 Å². The maximum absolute atomic E-state index is 6.28. The lowest BCUT2D eigenvalue weighted by atomic mass is 9.93. The van der Waals surface area contributed by atoms with Crippen molar-refractivity contribution in [2.75, 3.05) is 64.2 Å². The quantitative estimate of drug-likeness (QED) is 0.151. The average molecular weight is 456 g/mol. The van der Waals surface area contributed by atoms with E-state index in [2.05, 4.69) is 6.92 Å². The molecule has 0 aliphatic heterocycles. The Labute approximate surface area is 183 Å². The molecule has 6 nitrogen and oxygen atoms in total. The van der Waals surface area contributed by atoms with E-state index in [4.69, 9.17) is 29.4 Å². The van der Waals surface area contributed by atoms with E-state index in [0.717, 1.165) is 67.7 Å². The van der Waals surface area contributed by atoms with Crippen LogP contribution in [0, 0.1) is 0 Å². The Balaban J connectivity index is 4.51. The molecule has 0 aliphatic rings. The average Bonchev–Trinajstić information content (AvgIpc) is 2.69. The van der Waals surface area contributed by atoms with Gasteiger partial charge in [0.15, 0.2) is 12.6 Å². The van der Waals surface area contributed by atoms with Gasteiger partial charge in [-0.3, -0.25) is 0 Å². The van der Waals surface area contributed by atoms with Crippen molar-refractivity contribution in [3.8, 4) is 0 Å². The second-order valence-electron chi connectivity index (χ2n) is 6.74. The Bertz CT molecular complexity index is 309.